The first-order valence-electron chi connectivity index (χ1n) is 15.6. The first kappa shape index (κ1) is 23.8. The average molecular weight is 492 g/mol. The van der Waals surface area contributed by atoms with Crippen LogP contribution in [0.5, 0.6) is 0 Å². The van der Waals surface area contributed by atoms with E-state index in [-0.39, 0.29) is 0 Å². The van der Waals surface area contributed by atoms with Crippen LogP contribution in [0.4, 0.5) is 0 Å². The van der Waals surface area contributed by atoms with Gasteiger partial charge in [0.1, 0.15) is 0 Å². The summed E-state index contributed by atoms with van der Waals surface area (Å²) in [4.78, 5) is 3.66. The molecule has 1 N–H and O–H groups in total. The summed E-state index contributed by atoms with van der Waals surface area (Å²) in [5.41, 5.74) is 8.79. The molecule has 0 spiro atoms. The third kappa shape index (κ3) is 3.95. The Morgan fingerprint density at radius 1 is 0.838 bits per heavy atom. The Kier molecular flexibility index (Phi) is 6.30. The van der Waals surface area contributed by atoms with E-state index < -0.39 is 0 Å². The number of hydrogen-bond donors (Lipinski definition) is 1. The normalized spacial score (nSPS) is 35.6. The molecule has 0 saturated heterocycles. The lowest BCUT2D eigenvalue weighted by molar-refractivity contribution is 0.00587. The number of aromatic amines is 1. The highest BCUT2D eigenvalue weighted by Gasteiger charge is 2.50. The number of nitrogens with one attached hydrogen (secondary N) is 1. The molecule has 37 heavy (non-hydrogen) atoms. The van der Waals surface area contributed by atoms with Gasteiger partial charge in [-0.2, -0.15) is 0 Å². The minimum Gasteiger partial charge on any atom is -0.355 e. The fourth-order valence-electron chi connectivity index (χ4n) is 9.90. The van der Waals surface area contributed by atoms with Crippen molar-refractivity contribution >= 4 is 22.6 Å². The summed E-state index contributed by atoms with van der Waals surface area (Å²) in [7, 11) is 0. The molecule has 194 valence electrons. The Balaban J connectivity index is 1.35. The Morgan fingerprint density at radius 2 is 1.62 bits per heavy atom. The number of rotatable bonds is 3. The standard InChI is InChI=1S/C36H45N/c1-3-11-33-23(2)32-22-25(20-21-34(32)37-33)35-28-15-6-8-17-30(28)36(31-18-9-7-16-29(31)35)27-19-10-13-24-12-4-5-14-26(24)27/h3,6,8,11,15,17,20-22,24,26-27,29-31,36-37H,4-5,7,9-10,12-14,16,18-19H2,1-2H3/b11-3-/t24?,26-,27?,29?,30?,31?,36?/m1/s1. The monoisotopic (exact) mass is 491 g/mol. The van der Waals surface area contributed by atoms with Crippen LogP contribution in [-0.2, 0) is 0 Å². The van der Waals surface area contributed by atoms with Crippen molar-refractivity contribution in [1.82, 2.24) is 4.98 Å². The van der Waals surface area contributed by atoms with Gasteiger partial charge >= 0.3 is 0 Å². The average Bonchev–Trinajstić information content (AvgIpc) is 3.26. The Bertz CT molecular complexity index is 1280. The molecule has 3 fully saturated rings. The van der Waals surface area contributed by atoms with E-state index in [4.69, 9.17) is 0 Å². The van der Waals surface area contributed by atoms with Crippen LogP contribution < -0.4 is 0 Å². The van der Waals surface area contributed by atoms with Crippen LogP contribution in [0.2, 0.25) is 0 Å². The minimum absolute atomic E-state index is 0.617. The molecule has 0 amide bonds. The second-order valence-electron chi connectivity index (χ2n) is 13.0. The smallest absolute Gasteiger partial charge is 0.0461 e. The maximum absolute atomic E-state index is 3.66. The van der Waals surface area contributed by atoms with Gasteiger partial charge in [-0.3, -0.25) is 0 Å². The molecule has 7 atom stereocenters. The summed E-state index contributed by atoms with van der Waals surface area (Å²) in [5.74, 6) is 6.04. The molecule has 1 heteroatoms. The number of benzene rings is 1. The highest BCUT2D eigenvalue weighted by atomic mass is 14.7. The molecule has 1 aromatic carbocycles. The number of allylic oxidation sites excluding steroid dienone is 7. The van der Waals surface area contributed by atoms with Gasteiger partial charge < -0.3 is 4.98 Å². The van der Waals surface area contributed by atoms with E-state index in [1.165, 1.54) is 98.4 Å². The van der Waals surface area contributed by atoms with E-state index in [1.54, 1.807) is 11.1 Å². The predicted molar refractivity (Wildman–Crippen MR) is 158 cm³/mol. The summed E-state index contributed by atoms with van der Waals surface area (Å²) in [5, 5.41) is 1.40. The lowest BCUT2D eigenvalue weighted by Crippen LogP contribution is -2.46. The van der Waals surface area contributed by atoms with Crippen LogP contribution in [0.1, 0.15) is 94.4 Å². The van der Waals surface area contributed by atoms with Crippen LogP contribution >= 0.6 is 0 Å². The van der Waals surface area contributed by atoms with Gasteiger partial charge in [0.15, 0.2) is 0 Å². The fraction of sp³-hybridized carbons (Fsp3) is 0.556. The van der Waals surface area contributed by atoms with E-state index in [9.17, 15) is 0 Å². The van der Waals surface area contributed by atoms with Crippen LogP contribution in [0.15, 0.2) is 54.2 Å². The molecule has 3 saturated carbocycles. The van der Waals surface area contributed by atoms with Crippen molar-refractivity contribution in [3.05, 3.63) is 71.0 Å². The summed E-state index contributed by atoms with van der Waals surface area (Å²) >= 11 is 0. The number of H-pyrrole nitrogens is 1. The fourth-order valence-corrected chi connectivity index (χ4v) is 9.90. The summed E-state index contributed by atoms with van der Waals surface area (Å²) in [6.07, 6.45) is 30.4. The molecule has 5 aliphatic carbocycles. The molecule has 2 aromatic rings. The van der Waals surface area contributed by atoms with E-state index in [2.05, 4.69) is 73.5 Å². The van der Waals surface area contributed by atoms with Gasteiger partial charge in [0, 0.05) is 22.5 Å². The SMILES string of the molecule is C/C=C\c1[nH]c2ccc(C3=C4C=CC=CC4C(C4CCCC5CCCC[C@H]54)C4CCCCC34)cc2c1C. The van der Waals surface area contributed by atoms with Crippen LogP contribution in [0.25, 0.3) is 22.6 Å². The van der Waals surface area contributed by atoms with Crippen molar-refractivity contribution in [2.24, 2.45) is 41.4 Å². The van der Waals surface area contributed by atoms with Gasteiger partial charge in [-0.05, 0) is 116 Å². The van der Waals surface area contributed by atoms with Gasteiger partial charge in [-0.1, -0.05) is 81.4 Å². The van der Waals surface area contributed by atoms with Crippen molar-refractivity contribution in [3.63, 3.8) is 0 Å². The third-order valence-electron chi connectivity index (χ3n) is 11.3. The maximum Gasteiger partial charge on any atom is 0.0461 e. The van der Waals surface area contributed by atoms with Crippen molar-refractivity contribution in [3.8, 4) is 0 Å². The second-order valence-corrected chi connectivity index (χ2v) is 13.0. The first-order valence-corrected chi connectivity index (χ1v) is 15.6. The molecule has 1 heterocycles. The predicted octanol–water partition coefficient (Wildman–Crippen LogP) is 10.0. The molecule has 0 bridgehead atoms. The molecule has 0 aliphatic heterocycles. The van der Waals surface area contributed by atoms with Gasteiger partial charge in [0.05, 0.1) is 0 Å². The quantitative estimate of drug-likeness (QED) is 0.439. The summed E-state index contributed by atoms with van der Waals surface area (Å²) in [6, 6.07) is 7.32. The molecule has 5 aliphatic rings. The third-order valence-corrected chi connectivity index (χ3v) is 11.3. The zero-order valence-corrected chi connectivity index (χ0v) is 23.0. The van der Waals surface area contributed by atoms with E-state index >= 15 is 0 Å². The van der Waals surface area contributed by atoms with Gasteiger partial charge in [-0.15, -0.1) is 0 Å². The van der Waals surface area contributed by atoms with Gasteiger partial charge in [0.25, 0.3) is 0 Å². The zero-order valence-electron chi connectivity index (χ0n) is 23.0. The number of aryl methyl sites for hydroxylation is 1. The van der Waals surface area contributed by atoms with Crippen molar-refractivity contribution in [1.29, 1.82) is 0 Å². The van der Waals surface area contributed by atoms with E-state index in [1.807, 2.05) is 0 Å². The van der Waals surface area contributed by atoms with Crippen molar-refractivity contribution < 1.29 is 0 Å². The molecular formula is C36H45N. The van der Waals surface area contributed by atoms with Crippen LogP contribution in [-0.4, -0.2) is 4.98 Å². The van der Waals surface area contributed by atoms with E-state index in [0.717, 1.165) is 35.5 Å². The Labute approximate surface area is 224 Å². The molecule has 1 nitrogen and oxygen atoms in total. The second kappa shape index (κ2) is 9.79. The largest absolute Gasteiger partial charge is 0.355 e. The van der Waals surface area contributed by atoms with Crippen molar-refractivity contribution in [2.75, 3.05) is 0 Å². The van der Waals surface area contributed by atoms with Crippen LogP contribution in [0, 0.1) is 48.3 Å². The highest BCUT2D eigenvalue weighted by Crippen LogP contribution is 2.60. The van der Waals surface area contributed by atoms with Gasteiger partial charge in [0.2, 0.25) is 0 Å². The number of hydrogen-bond acceptors (Lipinski definition) is 0. The minimum atomic E-state index is 0.617. The lowest BCUT2D eigenvalue weighted by atomic mass is 9.50. The van der Waals surface area contributed by atoms with E-state index in [0.29, 0.717) is 5.92 Å². The maximum atomic E-state index is 3.66. The molecular weight excluding hydrogens is 446 g/mol. The first-order chi connectivity index (χ1) is 18.2. The zero-order chi connectivity index (χ0) is 24.9. The lowest BCUT2D eigenvalue weighted by Gasteiger charge is -2.54. The van der Waals surface area contributed by atoms with Gasteiger partial charge in [-0.25, -0.2) is 0 Å². The molecule has 6 unspecified atom stereocenters. The molecule has 7 rings (SSSR count). The van der Waals surface area contributed by atoms with Crippen LogP contribution in [0.3, 0.4) is 0 Å². The van der Waals surface area contributed by atoms with Crippen molar-refractivity contribution in [2.45, 2.75) is 84.5 Å². The Hall–Kier alpha value is -2.28. The highest BCUT2D eigenvalue weighted by molar-refractivity contribution is 5.91. The number of fused-ring (bicyclic) bond motifs is 4. The summed E-state index contributed by atoms with van der Waals surface area (Å²) in [6.45, 7) is 4.39. The molecule has 0 radical (unpaired) electrons. The Morgan fingerprint density at radius 3 is 2.51 bits per heavy atom. The summed E-state index contributed by atoms with van der Waals surface area (Å²) < 4.78 is 0. The molecule has 1 aromatic heterocycles. The topological polar surface area (TPSA) is 15.8 Å². The number of aromatic nitrogens is 1.